The molecule has 0 heterocycles. The zero-order valence-corrected chi connectivity index (χ0v) is 6.95. The lowest BCUT2D eigenvalue weighted by Crippen LogP contribution is -2.25. The second-order valence-electron chi connectivity index (χ2n) is 2.66. The van der Waals surface area contributed by atoms with E-state index >= 15 is 0 Å². The lowest BCUT2D eigenvalue weighted by atomic mass is 10.00. The molecule has 64 valence electrons. The predicted molar refractivity (Wildman–Crippen MR) is 44.2 cm³/mol. The van der Waals surface area contributed by atoms with E-state index in [-0.39, 0.29) is 6.04 Å². The lowest BCUT2D eigenvalue weighted by Gasteiger charge is -2.12. The first-order chi connectivity index (χ1) is 5.07. The van der Waals surface area contributed by atoms with E-state index in [0.717, 1.165) is 12.5 Å². The minimum atomic E-state index is -0.941. The van der Waals surface area contributed by atoms with Crippen molar-refractivity contribution in [2.24, 2.45) is 11.7 Å². The van der Waals surface area contributed by atoms with Gasteiger partial charge in [-0.05, 0) is 5.92 Å². The van der Waals surface area contributed by atoms with Crippen molar-refractivity contribution >= 4 is 5.97 Å². The maximum atomic E-state index is 10.1. The molecule has 0 fully saturated rings. The van der Waals surface area contributed by atoms with E-state index < -0.39 is 5.97 Å². The van der Waals surface area contributed by atoms with Crippen LogP contribution >= 0.6 is 0 Å². The van der Waals surface area contributed by atoms with Crippen LogP contribution in [0, 0.1) is 5.92 Å². The second kappa shape index (κ2) is 4.91. The summed E-state index contributed by atoms with van der Waals surface area (Å²) in [6.07, 6.45) is 3.58. The number of carboxylic acid groups (broad SMARTS) is 1. The summed E-state index contributed by atoms with van der Waals surface area (Å²) in [6, 6.07) is -0.143. The summed E-state index contributed by atoms with van der Waals surface area (Å²) in [7, 11) is 0. The monoisotopic (exact) mass is 157 g/mol. The van der Waals surface area contributed by atoms with Crippen LogP contribution < -0.4 is 5.73 Å². The van der Waals surface area contributed by atoms with Crippen molar-refractivity contribution in [2.75, 3.05) is 0 Å². The summed E-state index contributed by atoms with van der Waals surface area (Å²) in [6.45, 7) is 4.02. The number of hydrogen-bond donors (Lipinski definition) is 2. The molecule has 0 bridgehead atoms. The average Bonchev–Trinajstić information content (AvgIpc) is 1.98. The van der Waals surface area contributed by atoms with Crippen LogP contribution in [0.1, 0.15) is 20.3 Å². The summed E-state index contributed by atoms with van der Waals surface area (Å²) in [5.74, 6) is -0.602. The topological polar surface area (TPSA) is 63.3 Å². The molecule has 0 saturated heterocycles. The van der Waals surface area contributed by atoms with E-state index in [1.54, 1.807) is 0 Å². The first kappa shape index (κ1) is 10.2. The van der Waals surface area contributed by atoms with Crippen LogP contribution in [0.25, 0.3) is 0 Å². The first-order valence-corrected chi connectivity index (χ1v) is 3.74. The van der Waals surface area contributed by atoms with E-state index in [0.29, 0.717) is 5.92 Å². The molecule has 0 spiro atoms. The molecule has 0 amide bonds. The van der Waals surface area contributed by atoms with E-state index in [4.69, 9.17) is 10.8 Å². The molecular formula is C8H15NO2. The average molecular weight is 157 g/mol. The van der Waals surface area contributed by atoms with Gasteiger partial charge in [0.25, 0.3) is 0 Å². The van der Waals surface area contributed by atoms with Crippen LogP contribution in [0.5, 0.6) is 0 Å². The standard InChI is InChI=1S/C8H15NO2/c1-3-6(2)7(9)4-5-8(10)11/h4-7H,3,9H2,1-2H3,(H,10,11)/t6-,7+/m0/s1. The Morgan fingerprint density at radius 2 is 2.27 bits per heavy atom. The summed E-state index contributed by atoms with van der Waals surface area (Å²) >= 11 is 0. The molecule has 0 unspecified atom stereocenters. The van der Waals surface area contributed by atoms with Crippen molar-refractivity contribution in [1.29, 1.82) is 0 Å². The Bertz CT molecular complexity index is 154. The maximum absolute atomic E-state index is 10.1. The lowest BCUT2D eigenvalue weighted by molar-refractivity contribution is -0.131. The Kier molecular flexibility index (Phi) is 4.54. The number of nitrogens with two attached hydrogens (primary N) is 1. The Morgan fingerprint density at radius 1 is 1.73 bits per heavy atom. The number of carboxylic acids is 1. The molecule has 11 heavy (non-hydrogen) atoms. The van der Waals surface area contributed by atoms with E-state index in [2.05, 4.69) is 0 Å². The van der Waals surface area contributed by atoms with Gasteiger partial charge in [-0.1, -0.05) is 26.3 Å². The van der Waals surface area contributed by atoms with Gasteiger partial charge < -0.3 is 10.8 Å². The Hall–Kier alpha value is -0.830. The van der Waals surface area contributed by atoms with Gasteiger partial charge >= 0.3 is 5.97 Å². The largest absolute Gasteiger partial charge is 0.478 e. The van der Waals surface area contributed by atoms with E-state index in [1.165, 1.54) is 6.08 Å². The number of aliphatic carboxylic acids is 1. The zero-order valence-electron chi connectivity index (χ0n) is 6.95. The Labute approximate surface area is 66.9 Å². The molecule has 0 aromatic rings. The Morgan fingerprint density at radius 3 is 2.64 bits per heavy atom. The number of carbonyl (C=O) groups is 1. The Balaban J connectivity index is 3.85. The van der Waals surface area contributed by atoms with Crippen LogP contribution in [0.4, 0.5) is 0 Å². The highest BCUT2D eigenvalue weighted by molar-refractivity contribution is 5.79. The van der Waals surface area contributed by atoms with Crippen LogP contribution in [-0.2, 0) is 4.79 Å². The second-order valence-corrected chi connectivity index (χ2v) is 2.66. The van der Waals surface area contributed by atoms with Crippen molar-refractivity contribution in [1.82, 2.24) is 0 Å². The van der Waals surface area contributed by atoms with E-state index in [1.807, 2.05) is 13.8 Å². The molecule has 3 heteroatoms. The third-order valence-electron chi connectivity index (χ3n) is 1.76. The molecule has 0 aliphatic carbocycles. The minimum Gasteiger partial charge on any atom is -0.478 e. The first-order valence-electron chi connectivity index (χ1n) is 3.74. The fraction of sp³-hybridized carbons (Fsp3) is 0.625. The fourth-order valence-corrected chi connectivity index (χ4v) is 0.655. The van der Waals surface area contributed by atoms with Gasteiger partial charge in [0.1, 0.15) is 0 Å². The maximum Gasteiger partial charge on any atom is 0.328 e. The molecule has 0 rings (SSSR count). The van der Waals surface area contributed by atoms with Gasteiger partial charge in [-0.3, -0.25) is 0 Å². The molecular weight excluding hydrogens is 142 g/mol. The highest BCUT2D eigenvalue weighted by atomic mass is 16.4. The molecule has 3 N–H and O–H groups in total. The van der Waals surface area contributed by atoms with Crippen LogP contribution in [0.2, 0.25) is 0 Å². The van der Waals surface area contributed by atoms with Crippen LogP contribution in [0.3, 0.4) is 0 Å². The molecule has 0 aromatic heterocycles. The third kappa shape index (κ3) is 4.56. The highest BCUT2D eigenvalue weighted by Crippen LogP contribution is 2.05. The van der Waals surface area contributed by atoms with Gasteiger partial charge in [0.05, 0.1) is 0 Å². The predicted octanol–water partition coefficient (Wildman–Crippen LogP) is 1.00. The van der Waals surface area contributed by atoms with Gasteiger partial charge in [0.2, 0.25) is 0 Å². The van der Waals surface area contributed by atoms with Gasteiger partial charge in [0.15, 0.2) is 0 Å². The summed E-state index contributed by atoms with van der Waals surface area (Å²) < 4.78 is 0. The van der Waals surface area contributed by atoms with Crippen molar-refractivity contribution in [3.63, 3.8) is 0 Å². The SMILES string of the molecule is CC[C@H](C)[C@H](N)C=CC(=O)O. The van der Waals surface area contributed by atoms with Gasteiger partial charge in [-0.2, -0.15) is 0 Å². The van der Waals surface area contributed by atoms with Crippen molar-refractivity contribution in [3.8, 4) is 0 Å². The van der Waals surface area contributed by atoms with Crippen LogP contribution in [0.15, 0.2) is 12.2 Å². The third-order valence-corrected chi connectivity index (χ3v) is 1.76. The van der Waals surface area contributed by atoms with Crippen LogP contribution in [-0.4, -0.2) is 17.1 Å². The number of hydrogen-bond acceptors (Lipinski definition) is 2. The minimum absolute atomic E-state index is 0.143. The normalized spacial score (nSPS) is 16.6. The number of rotatable bonds is 4. The highest BCUT2D eigenvalue weighted by Gasteiger charge is 2.06. The molecule has 0 aromatic carbocycles. The van der Waals surface area contributed by atoms with Gasteiger partial charge in [0, 0.05) is 12.1 Å². The molecule has 2 atom stereocenters. The van der Waals surface area contributed by atoms with Crippen molar-refractivity contribution in [3.05, 3.63) is 12.2 Å². The fourth-order valence-electron chi connectivity index (χ4n) is 0.655. The summed E-state index contributed by atoms with van der Waals surface area (Å²) in [5.41, 5.74) is 5.63. The zero-order chi connectivity index (χ0) is 8.85. The van der Waals surface area contributed by atoms with Crippen molar-refractivity contribution in [2.45, 2.75) is 26.3 Å². The molecule has 0 saturated carbocycles. The summed E-state index contributed by atoms with van der Waals surface area (Å²) in [4.78, 5) is 10.1. The quantitative estimate of drug-likeness (QED) is 0.598. The molecule has 3 nitrogen and oxygen atoms in total. The van der Waals surface area contributed by atoms with Gasteiger partial charge in [-0.15, -0.1) is 0 Å². The van der Waals surface area contributed by atoms with E-state index in [9.17, 15) is 4.79 Å². The smallest absolute Gasteiger partial charge is 0.328 e. The van der Waals surface area contributed by atoms with Crippen molar-refractivity contribution < 1.29 is 9.90 Å². The molecule has 0 aliphatic heterocycles. The van der Waals surface area contributed by atoms with Gasteiger partial charge in [-0.25, -0.2) is 4.79 Å². The summed E-state index contributed by atoms with van der Waals surface area (Å²) in [5, 5.41) is 8.27. The molecule has 0 aliphatic rings. The molecule has 0 radical (unpaired) electrons.